The summed E-state index contributed by atoms with van der Waals surface area (Å²) >= 11 is 0. The first-order valence-corrected chi connectivity index (χ1v) is 10.5. The Hall–Kier alpha value is -1.65. The first-order chi connectivity index (χ1) is 13.4. The number of nitrogens with one attached hydrogen (secondary N) is 1. The fraction of sp³-hybridized carbons (Fsp3) is 0.583. The Morgan fingerprint density at radius 2 is 1.68 bits per heavy atom. The largest absolute Gasteiger partial charge is 0.468 e. The van der Waals surface area contributed by atoms with Crippen LogP contribution in [0.15, 0.2) is 47.1 Å². The Morgan fingerprint density at radius 1 is 1.04 bits per heavy atom. The highest BCUT2D eigenvalue weighted by atomic mass is 19.1. The number of benzene rings is 1. The van der Waals surface area contributed by atoms with E-state index in [9.17, 15) is 4.39 Å². The van der Waals surface area contributed by atoms with Gasteiger partial charge in [-0.3, -0.25) is 0 Å². The van der Waals surface area contributed by atoms with Crippen molar-refractivity contribution in [3.8, 4) is 0 Å². The fourth-order valence-corrected chi connectivity index (χ4v) is 4.30. The van der Waals surface area contributed by atoms with Crippen LogP contribution in [0.1, 0.15) is 58.3 Å². The van der Waals surface area contributed by atoms with Gasteiger partial charge in [0.15, 0.2) is 0 Å². The Kier molecular flexibility index (Phi) is 6.95. The predicted octanol–water partition coefficient (Wildman–Crippen LogP) is 5.70. The van der Waals surface area contributed by atoms with Gasteiger partial charge in [-0.1, -0.05) is 39.8 Å². The summed E-state index contributed by atoms with van der Waals surface area (Å²) in [6, 6.07) is 11.0. The van der Waals surface area contributed by atoms with Crippen LogP contribution in [0.25, 0.3) is 0 Å². The summed E-state index contributed by atoms with van der Waals surface area (Å²) in [7, 11) is 0. The first kappa shape index (κ1) is 21.1. The Labute approximate surface area is 168 Å². The van der Waals surface area contributed by atoms with Gasteiger partial charge in [0.25, 0.3) is 0 Å². The second-order valence-electron chi connectivity index (χ2n) is 8.90. The maximum Gasteiger partial charge on any atom is 0.123 e. The highest BCUT2D eigenvalue weighted by Crippen LogP contribution is 2.45. The zero-order chi connectivity index (χ0) is 20.1. The molecule has 0 unspecified atom stereocenters. The van der Waals surface area contributed by atoms with E-state index in [1.165, 1.54) is 5.56 Å². The van der Waals surface area contributed by atoms with Crippen molar-refractivity contribution in [2.24, 2.45) is 11.8 Å². The molecule has 0 radical (unpaired) electrons. The van der Waals surface area contributed by atoms with Crippen molar-refractivity contribution >= 4 is 0 Å². The molecule has 0 spiro atoms. The van der Waals surface area contributed by atoms with Crippen LogP contribution in [-0.2, 0) is 16.7 Å². The van der Waals surface area contributed by atoms with Crippen LogP contribution in [-0.4, -0.2) is 18.8 Å². The van der Waals surface area contributed by atoms with E-state index in [0.29, 0.717) is 11.8 Å². The second-order valence-corrected chi connectivity index (χ2v) is 8.90. The summed E-state index contributed by atoms with van der Waals surface area (Å²) < 4.78 is 25.5. The lowest BCUT2D eigenvalue weighted by Crippen LogP contribution is -2.48. The van der Waals surface area contributed by atoms with E-state index >= 15 is 0 Å². The van der Waals surface area contributed by atoms with Crippen molar-refractivity contribution in [1.82, 2.24) is 5.32 Å². The Bertz CT molecular complexity index is 693. The van der Waals surface area contributed by atoms with Gasteiger partial charge in [0.1, 0.15) is 11.6 Å². The van der Waals surface area contributed by atoms with Crippen LogP contribution in [0, 0.1) is 17.7 Å². The number of halogens is 1. The minimum atomic E-state index is -0.178. The number of ether oxygens (including phenoxy) is 1. The van der Waals surface area contributed by atoms with Crippen LogP contribution in [0.2, 0.25) is 0 Å². The zero-order valence-corrected chi connectivity index (χ0v) is 17.6. The molecule has 0 amide bonds. The van der Waals surface area contributed by atoms with E-state index in [0.717, 1.165) is 38.1 Å². The lowest BCUT2D eigenvalue weighted by molar-refractivity contribution is -0.118. The van der Waals surface area contributed by atoms with Crippen molar-refractivity contribution in [3.05, 3.63) is 59.8 Å². The van der Waals surface area contributed by atoms with E-state index in [2.05, 4.69) is 33.0 Å². The Morgan fingerprint density at radius 3 is 2.21 bits per heavy atom. The maximum atomic E-state index is 13.6. The molecule has 28 heavy (non-hydrogen) atoms. The van der Waals surface area contributed by atoms with Crippen molar-refractivity contribution in [2.75, 3.05) is 6.54 Å². The summed E-state index contributed by atoms with van der Waals surface area (Å²) in [6.07, 6.45) is 5.09. The topological polar surface area (TPSA) is 34.4 Å². The Balaban J connectivity index is 1.81. The van der Waals surface area contributed by atoms with Gasteiger partial charge < -0.3 is 14.5 Å². The van der Waals surface area contributed by atoms with Crippen LogP contribution in [0.5, 0.6) is 0 Å². The smallest absolute Gasteiger partial charge is 0.123 e. The molecule has 2 atom stereocenters. The lowest BCUT2D eigenvalue weighted by Gasteiger charge is -2.48. The van der Waals surface area contributed by atoms with E-state index in [1.807, 2.05) is 24.3 Å². The van der Waals surface area contributed by atoms with Gasteiger partial charge in [-0.2, -0.15) is 0 Å². The minimum absolute atomic E-state index is 0.00795. The van der Waals surface area contributed by atoms with E-state index in [1.54, 1.807) is 18.4 Å². The molecule has 1 aliphatic rings. The molecule has 1 aromatic carbocycles. The van der Waals surface area contributed by atoms with Crippen molar-refractivity contribution in [3.63, 3.8) is 0 Å². The molecule has 1 N–H and O–H groups in total. The maximum absolute atomic E-state index is 13.6. The minimum Gasteiger partial charge on any atom is -0.468 e. The third-order valence-electron chi connectivity index (χ3n) is 6.14. The summed E-state index contributed by atoms with van der Waals surface area (Å²) in [5.74, 6) is 1.68. The molecule has 1 fully saturated rings. The third-order valence-corrected chi connectivity index (χ3v) is 6.14. The molecule has 0 aliphatic carbocycles. The van der Waals surface area contributed by atoms with E-state index < -0.39 is 0 Å². The molecule has 3 rings (SSSR count). The predicted molar refractivity (Wildman–Crippen MR) is 111 cm³/mol. The highest BCUT2D eigenvalue weighted by Gasteiger charge is 2.43. The van der Waals surface area contributed by atoms with Gasteiger partial charge in [0.05, 0.1) is 25.0 Å². The molecule has 1 saturated heterocycles. The van der Waals surface area contributed by atoms with Gasteiger partial charge >= 0.3 is 0 Å². The van der Waals surface area contributed by atoms with Gasteiger partial charge in [-0.25, -0.2) is 4.39 Å². The molecule has 1 aliphatic heterocycles. The van der Waals surface area contributed by atoms with Gasteiger partial charge in [-0.05, 0) is 67.5 Å². The van der Waals surface area contributed by atoms with Crippen molar-refractivity contribution < 1.29 is 13.5 Å². The SMILES string of the molecule is CC(C)[C@H]1CC(CCNCc2ccco2)(c2ccc(F)cc2)C[C@H](C(C)C)O1. The van der Waals surface area contributed by atoms with Crippen molar-refractivity contribution in [1.29, 1.82) is 0 Å². The van der Waals surface area contributed by atoms with E-state index in [-0.39, 0.29) is 23.4 Å². The summed E-state index contributed by atoms with van der Waals surface area (Å²) in [5.41, 5.74) is 1.22. The average molecular weight is 388 g/mol. The van der Waals surface area contributed by atoms with Gasteiger partial charge in [-0.15, -0.1) is 0 Å². The van der Waals surface area contributed by atoms with Gasteiger partial charge in [0.2, 0.25) is 0 Å². The van der Waals surface area contributed by atoms with Crippen molar-refractivity contribution in [2.45, 2.75) is 71.1 Å². The molecule has 1 aromatic heterocycles. The average Bonchev–Trinajstić information content (AvgIpc) is 3.19. The van der Waals surface area contributed by atoms with Crippen LogP contribution in [0.3, 0.4) is 0 Å². The van der Waals surface area contributed by atoms with Crippen LogP contribution < -0.4 is 5.32 Å². The first-order valence-electron chi connectivity index (χ1n) is 10.5. The molecular weight excluding hydrogens is 353 g/mol. The number of hydrogen-bond acceptors (Lipinski definition) is 3. The molecule has 154 valence electrons. The van der Waals surface area contributed by atoms with Crippen LogP contribution in [0.4, 0.5) is 4.39 Å². The molecule has 0 saturated carbocycles. The van der Waals surface area contributed by atoms with Gasteiger partial charge in [0, 0.05) is 5.41 Å². The molecule has 2 heterocycles. The van der Waals surface area contributed by atoms with Crippen LogP contribution >= 0.6 is 0 Å². The molecular formula is C24H34FNO2. The second kappa shape index (κ2) is 9.23. The summed E-state index contributed by atoms with van der Waals surface area (Å²) in [4.78, 5) is 0. The number of rotatable bonds is 8. The monoisotopic (exact) mass is 387 g/mol. The summed E-state index contributed by atoms with van der Waals surface area (Å²) in [6.45, 7) is 10.5. The number of hydrogen-bond donors (Lipinski definition) is 1. The molecule has 2 aromatic rings. The molecule has 0 bridgehead atoms. The fourth-order valence-electron chi connectivity index (χ4n) is 4.30. The molecule has 3 nitrogen and oxygen atoms in total. The third kappa shape index (κ3) is 5.03. The molecule has 4 heteroatoms. The zero-order valence-electron chi connectivity index (χ0n) is 17.6. The summed E-state index contributed by atoms with van der Waals surface area (Å²) in [5, 5.41) is 3.52. The lowest BCUT2D eigenvalue weighted by atomic mass is 9.66. The van der Waals surface area contributed by atoms with E-state index in [4.69, 9.17) is 9.15 Å². The quantitative estimate of drug-likeness (QED) is 0.590. The highest BCUT2D eigenvalue weighted by molar-refractivity contribution is 5.27. The normalized spacial score (nSPS) is 25.5. The standard InChI is InChI=1S/C24H34FNO2/c1-17(2)22-14-24(15-23(28-22)18(3)4,19-7-9-20(25)10-8-19)11-12-26-16-21-6-5-13-27-21/h5-10,13,17-18,22-23,26H,11-12,14-16H2,1-4H3/t22-,23-/m1/s1. The number of furan rings is 1.